The number of furan rings is 1. The number of nitrogens with zero attached hydrogens (tertiary/aromatic N) is 2. The summed E-state index contributed by atoms with van der Waals surface area (Å²) < 4.78 is 5.51. The molecule has 1 aromatic rings. The van der Waals surface area contributed by atoms with Crippen LogP contribution in [0.25, 0.3) is 0 Å². The molecule has 3 heterocycles. The highest BCUT2D eigenvalue weighted by Gasteiger charge is 2.34. The van der Waals surface area contributed by atoms with Gasteiger partial charge < -0.3 is 25.7 Å². The fraction of sp³-hybridized carbons (Fsp3) is 0.474. The minimum atomic E-state index is -1.33. The molecule has 12 heteroatoms. The van der Waals surface area contributed by atoms with E-state index in [0.29, 0.717) is 37.4 Å². The van der Waals surface area contributed by atoms with E-state index in [1.165, 1.54) is 6.07 Å². The molecule has 0 aromatic carbocycles. The molecule has 2 aliphatic heterocycles. The van der Waals surface area contributed by atoms with Gasteiger partial charge in [0, 0.05) is 19.4 Å². The SMILES string of the molecule is NC1=NC2=NCC(CCc3ccc(C(=O)NC(CCC(=O)O)C(=O)O)o3)CC2C(=O)N1. The van der Waals surface area contributed by atoms with Gasteiger partial charge in [-0.15, -0.1) is 0 Å². The van der Waals surface area contributed by atoms with Crippen molar-refractivity contribution in [2.75, 3.05) is 6.54 Å². The maximum absolute atomic E-state index is 12.2. The van der Waals surface area contributed by atoms with Crippen molar-refractivity contribution in [2.45, 2.75) is 38.1 Å². The highest BCUT2D eigenvalue weighted by Crippen LogP contribution is 2.27. The number of nitrogens with two attached hydrogens (primary N) is 1. The van der Waals surface area contributed by atoms with Gasteiger partial charge in [-0.05, 0) is 37.3 Å². The molecular weight excluding hydrogens is 410 g/mol. The van der Waals surface area contributed by atoms with Crippen LogP contribution in [0.5, 0.6) is 0 Å². The quantitative estimate of drug-likeness (QED) is 0.351. The van der Waals surface area contributed by atoms with Gasteiger partial charge in [0.25, 0.3) is 5.91 Å². The number of guanidine groups is 1. The number of rotatable bonds is 9. The van der Waals surface area contributed by atoms with E-state index in [-0.39, 0.29) is 36.4 Å². The molecule has 0 saturated heterocycles. The number of hydrogen-bond donors (Lipinski definition) is 5. The number of amidine groups is 1. The molecule has 0 radical (unpaired) electrons. The van der Waals surface area contributed by atoms with Crippen LogP contribution in [0, 0.1) is 11.8 Å². The van der Waals surface area contributed by atoms with Crippen molar-refractivity contribution >= 4 is 35.5 Å². The molecule has 2 amide bonds. The van der Waals surface area contributed by atoms with Crippen LogP contribution in [0.15, 0.2) is 26.5 Å². The lowest BCUT2D eigenvalue weighted by atomic mass is 9.86. The van der Waals surface area contributed by atoms with Gasteiger partial charge >= 0.3 is 11.9 Å². The highest BCUT2D eigenvalue weighted by molar-refractivity contribution is 6.16. The van der Waals surface area contributed by atoms with Crippen molar-refractivity contribution in [1.29, 1.82) is 0 Å². The second kappa shape index (κ2) is 9.41. The van der Waals surface area contributed by atoms with Crippen LogP contribution >= 0.6 is 0 Å². The minimum Gasteiger partial charge on any atom is -0.481 e. The first-order valence-corrected chi connectivity index (χ1v) is 9.76. The van der Waals surface area contributed by atoms with Gasteiger partial charge in [0.05, 0.1) is 5.92 Å². The van der Waals surface area contributed by atoms with Crippen molar-refractivity contribution in [1.82, 2.24) is 10.6 Å². The molecular formula is C19H23N5O7. The summed E-state index contributed by atoms with van der Waals surface area (Å²) in [5.74, 6) is -2.75. The number of nitrogens with one attached hydrogen (secondary N) is 2. The predicted octanol–water partition coefficient (Wildman–Crippen LogP) is -0.261. The van der Waals surface area contributed by atoms with E-state index >= 15 is 0 Å². The molecule has 6 N–H and O–H groups in total. The molecule has 0 spiro atoms. The lowest BCUT2D eigenvalue weighted by molar-refractivity contribution is -0.140. The summed E-state index contributed by atoms with van der Waals surface area (Å²) >= 11 is 0. The number of carbonyl (C=O) groups is 4. The fourth-order valence-corrected chi connectivity index (χ4v) is 3.49. The normalized spacial score (nSPS) is 21.2. The van der Waals surface area contributed by atoms with Crippen LogP contribution in [-0.4, -0.2) is 58.3 Å². The first kappa shape index (κ1) is 22.0. The average Bonchev–Trinajstić information content (AvgIpc) is 3.18. The van der Waals surface area contributed by atoms with E-state index in [2.05, 4.69) is 20.6 Å². The molecule has 0 fully saturated rings. The lowest BCUT2D eigenvalue weighted by Crippen LogP contribution is -2.49. The number of carboxylic acid groups (broad SMARTS) is 2. The van der Waals surface area contributed by atoms with Crippen LogP contribution in [0.2, 0.25) is 0 Å². The Balaban J connectivity index is 1.53. The van der Waals surface area contributed by atoms with Crippen LogP contribution in [0.3, 0.4) is 0 Å². The standard InChI is InChI=1S/C19H23N5O7/c20-19-23-15-11(16(27)24-19)7-9(8-21-15)1-2-10-3-5-13(31-10)17(28)22-12(18(29)30)4-6-14(25)26/h3,5,9,11-12H,1-2,4,6-8H2,(H,22,28)(H,25,26)(H,29,30)(H3,20,21,23,24,27). The zero-order valence-electron chi connectivity index (χ0n) is 16.5. The second-order valence-corrected chi connectivity index (χ2v) is 7.44. The van der Waals surface area contributed by atoms with E-state index in [0.717, 1.165) is 0 Å². The number of aliphatic imine (C=N–C) groups is 2. The molecule has 2 aliphatic rings. The van der Waals surface area contributed by atoms with Gasteiger partial charge in [-0.1, -0.05) is 0 Å². The van der Waals surface area contributed by atoms with Crippen molar-refractivity contribution in [3.8, 4) is 0 Å². The summed E-state index contributed by atoms with van der Waals surface area (Å²) in [6.45, 7) is 0.508. The van der Waals surface area contributed by atoms with Gasteiger partial charge in [0.2, 0.25) is 11.9 Å². The number of hydrogen-bond acceptors (Lipinski definition) is 8. The van der Waals surface area contributed by atoms with Gasteiger partial charge in [0.15, 0.2) is 5.76 Å². The third-order valence-corrected chi connectivity index (χ3v) is 5.13. The largest absolute Gasteiger partial charge is 0.481 e. The molecule has 0 aliphatic carbocycles. The molecule has 0 bridgehead atoms. The molecule has 3 rings (SSSR count). The van der Waals surface area contributed by atoms with Crippen molar-refractivity contribution < 1.29 is 33.8 Å². The Kier molecular flexibility index (Phi) is 6.68. The maximum Gasteiger partial charge on any atom is 0.326 e. The smallest absolute Gasteiger partial charge is 0.326 e. The van der Waals surface area contributed by atoms with Gasteiger partial charge in [-0.3, -0.25) is 24.7 Å². The van der Waals surface area contributed by atoms with Crippen molar-refractivity contribution in [2.24, 2.45) is 27.6 Å². The van der Waals surface area contributed by atoms with Crippen molar-refractivity contribution in [3.63, 3.8) is 0 Å². The zero-order valence-corrected chi connectivity index (χ0v) is 16.5. The van der Waals surface area contributed by atoms with Crippen LogP contribution < -0.4 is 16.4 Å². The third kappa shape index (κ3) is 5.68. The highest BCUT2D eigenvalue weighted by atomic mass is 16.4. The fourth-order valence-electron chi connectivity index (χ4n) is 3.49. The number of carboxylic acids is 2. The Morgan fingerprint density at radius 1 is 1.32 bits per heavy atom. The Bertz CT molecular complexity index is 951. The first-order chi connectivity index (χ1) is 14.7. The van der Waals surface area contributed by atoms with E-state index in [1.54, 1.807) is 6.07 Å². The number of aryl methyl sites for hydroxylation is 1. The number of fused-ring (bicyclic) bond motifs is 1. The van der Waals surface area contributed by atoms with E-state index in [9.17, 15) is 19.2 Å². The van der Waals surface area contributed by atoms with E-state index in [1.807, 2.05) is 0 Å². The summed E-state index contributed by atoms with van der Waals surface area (Å²) in [6, 6.07) is 1.73. The summed E-state index contributed by atoms with van der Waals surface area (Å²) in [7, 11) is 0. The minimum absolute atomic E-state index is 0.0490. The van der Waals surface area contributed by atoms with Gasteiger partial charge in [-0.25, -0.2) is 4.79 Å². The molecule has 3 unspecified atom stereocenters. The summed E-state index contributed by atoms with van der Waals surface area (Å²) in [6.07, 6.45) is 1.13. The van der Waals surface area contributed by atoms with E-state index in [4.69, 9.17) is 20.4 Å². The maximum atomic E-state index is 12.2. The van der Waals surface area contributed by atoms with Crippen LogP contribution in [-0.2, 0) is 20.8 Å². The Morgan fingerprint density at radius 3 is 2.81 bits per heavy atom. The topological polar surface area (TPSA) is 197 Å². The molecule has 3 atom stereocenters. The van der Waals surface area contributed by atoms with Gasteiger partial charge in [-0.2, -0.15) is 4.99 Å². The molecule has 31 heavy (non-hydrogen) atoms. The second-order valence-electron chi connectivity index (χ2n) is 7.44. The number of carbonyl (C=O) groups excluding carboxylic acids is 2. The Labute approximate surface area is 176 Å². The number of amides is 2. The Morgan fingerprint density at radius 2 is 2.10 bits per heavy atom. The monoisotopic (exact) mass is 433 g/mol. The lowest BCUT2D eigenvalue weighted by Gasteiger charge is -2.28. The average molecular weight is 433 g/mol. The molecule has 166 valence electrons. The number of aliphatic carboxylic acids is 2. The van der Waals surface area contributed by atoms with Crippen molar-refractivity contribution in [3.05, 3.63) is 23.7 Å². The molecule has 0 saturated carbocycles. The Hall–Kier alpha value is -3.70. The van der Waals surface area contributed by atoms with E-state index < -0.39 is 29.8 Å². The predicted molar refractivity (Wildman–Crippen MR) is 106 cm³/mol. The summed E-state index contributed by atoms with van der Waals surface area (Å²) in [5.41, 5.74) is 5.54. The zero-order chi connectivity index (χ0) is 22.5. The molecule has 12 nitrogen and oxygen atoms in total. The third-order valence-electron chi connectivity index (χ3n) is 5.13. The summed E-state index contributed by atoms with van der Waals surface area (Å²) in [5, 5.41) is 22.6. The van der Waals surface area contributed by atoms with Crippen LogP contribution in [0.4, 0.5) is 0 Å². The first-order valence-electron chi connectivity index (χ1n) is 9.76. The summed E-state index contributed by atoms with van der Waals surface area (Å²) in [4.78, 5) is 54.6. The molecule has 1 aromatic heterocycles. The van der Waals surface area contributed by atoms with Gasteiger partial charge in [0.1, 0.15) is 17.6 Å². The van der Waals surface area contributed by atoms with Crippen LogP contribution in [0.1, 0.15) is 42.0 Å².